The lowest BCUT2D eigenvalue weighted by molar-refractivity contribution is 0.0817. The molecule has 0 saturated heterocycles. The second-order valence-corrected chi connectivity index (χ2v) is 4.16. The van der Waals surface area contributed by atoms with Gasteiger partial charge in [0.1, 0.15) is 0 Å². The summed E-state index contributed by atoms with van der Waals surface area (Å²) in [7, 11) is 0. The fraction of sp³-hybridized carbons (Fsp3) is 0. The molecule has 0 fully saturated rings. The lowest BCUT2D eigenvalue weighted by Crippen LogP contribution is -2.14. The number of fused-ring (bicyclic) bond motifs is 1. The molecule has 0 saturated carbocycles. The number of imidazole rings is 1. The number of ketones is 2. The highest BCUT2D eigenvalue weighted by Gasteiger charge is 2.18. The maximum Gasteiger partial charge on any atom is 0.233 e. The van der Waals surface area contributed by atoms with Crippen LogP contribution in [0.5, 0.6) is 0 Å². The highest BCUT2D eigenvalue weighted by molar-refractivity contribution is 6.49. The van der Waals surface area contributed by atoms with E-state index in [9.17, 15) is 9.59 Å². The van der Waals surface area contributed by atoms with Crippen molar-refractivity contribution in [1.82, 2.24) is 9.97 Å². The summed E-state index contributed by atoms with van der Waals surface area (Å²) in [5.41, 5.74) is 2.28. The quantitative estimate of drug-likeness (QED) is 0.574. The maximum atomic E-state index is 12.1. The first-order chi connectivity index (χ1) is 9.25. The van der Waals surface area contributed by atoms with Gasteiger partial charge in [-0.3, -0.25) is 9.59 Å². The molecule has 3 aromatic rings. The third kappa shape index (κ3) is 2.04. The van der Waals surface area contributed by atoms with Crippen LogP contribution >= 0.6 is 0 Å². The van der Waals surface area contributed by atoms with Gasteiger partial charge in [-0.2, -0.15) is 0 Å². The number of hydrogen-bond acceptors (Lipinski definition) is 3. The first kappa shape index (κ1) is 11.3. The van der Waals surface area contributed by atoms with E-state index in [0.717, 1.165) is 11.0 Å². The van der Waals surface area contributed by atoms with Crippen molar-refractivity contribution in [1.29, 1.82) is 0 Å². The highest BCUT2D eigenvalue weighted by atomic mass is 16.2. The Kier molecular flexibility index (Phi) is 2.68. The summed E-state index contributed by atoms with van der Waals surface area (Å²) in [6.45, 7) is 0. The number of carbonyl (C=O) groups is 2. The van der Waals surface area contributed by atoms with Gasteiger partial charge in [0.25, 0.3) is 0 Å². The molecule has 4 nitrogen and oxygen atoms in total. The molecule has 0 amide bonds. The van der Waals surface area contributed by atoms with Crippen LogP contribution in [0.4, 0.5) is 0 Å². The molecular formula is C15H10N2O2. The Morgan fingerprint density at radius 2 is 1.63 bits per heavy atom. The number of Topliss-reactive ketones (excluding diaryl/α,β-unsaturated/α-hetero) is 2. The molecule has 2 aromatic carbocycles. The van der Waals surface area contributed by atoms with Crippen LogP contribution in [0.3, 0.4) is 0 Å². The Balaban J connectivity index is 1.97. The molecule has 19 heavy (non-hydrogen) atoms. The summed E-state index contributed by atoms with van der Waals surface area (Å²) in [5, 5.41) is 0. The van der Waals surface area contributed by atoms with Crippen molar-refractivity contribution in [3.8, 4) is 0 Å². The fourth-order valence-electron chi connectivity index (χ4n) is 1.93. The van der Waals surface area contributed by atoms with Crippen LogP contribution < -0.4 is 0 Å². The normalized spacial score (nSPS) is 10.5. The van der Waals surface area contributed by atoms with E-state index < -0.39 is 11.6 Å². The molecule has 0 bridgehead atoms. The fourth-order valence-corrected chi connectivity index (χ4v) is 1.93. The number of hydrogen-bond donors (Lipinski definition) is 1. The summed E-state index contributed by atoms with van der Waals surface area (Å²) < 4.78 is 0. The average Bonchev–Trinajstić information content (AvgIpc) is 2.94. The lowest BCUT2D eigenvalue weighted by atomic mass is 10.0. The van der Waals surface area contributed by atoms with Crippen molar-refractivity contribution in [2.24, 2.45) is 0 Å². The summed E-state index contributed by atoms with van der Waals surface area (Å²) >= 11 is 0. The van der Waals surface area contributed by atoms with E-state index in [0.29, 0.717) is 11.1 Å². The summed E-state index contributed by atoms with van der Waals surface area (Å²) in [6, 6.07) is 13.5. The summed E-state index contributed by atoms with van der Waals surface area (Å²) in [5.74, 6) is -1.01. The predicted octanol–water partition coefficient (Wildman–Crippen LogP) is 2.63. The Morgan fingerprint density at radius 1 is 0.895 bits per heavy atom. The van der Waals surface area contributed by atoms with Crippen molar-refractivity contribution in [3.05, 3.63) is 66.0 Å². The van der Waals surface area contributed by atoms with Gasteiger partial charge >= 0.3 is 0 Å². The molecule has 0 unspecified atom stereocenters. The van der Waals surface area contributed by atoms with E-state index in [1.807, 2.05) is 0 Å². The second-order valence-electron chi connectivity index (χ2n) is 4.16. The molecule has 0 aliphatic heterocycles. The minimum atomic E-state index is -0.511. The topological polar surface area (TPSA) is 62.8 Å². The van der Waals surface area contributed by atoms with E-state index >= 15 is 0 Å². The van der Waals surface area contributed by atoms with Gasteiger partial charge in [0, 0.05) is 11.1 Å². The minimum Gasteiger partial charge on any atom is -0.345 e. The van der Waals surface area contributed by atoms with Crippen molar-refractivity contribution >= 4 is 22.6 Å². The molecule has 1 N–H and O–H groups in total. The molecule has 0 spiro atoms. The first-order valence-corrected chi connectivity index (χ1v) is 5.83. The minimum absolute atomic E-state index is 0.366. The smallest absolute Gasteiger partial charge is 0.233 e. The van der Waals surface area contributed by atoms with Gasteiger partial charge in [0.05, 0.1) is 17.4 Å². The zero-order chi connectivity index (χ0) is 13.2. The zero-order valence-electron chi connectivity index (χ0n) is 9.96. The largest absolute Gasteiger partial charge is 0.345 e. The van der Waals surface area contributed by atoms with Crippen LogP contribution in [-0.2, 0) is 0 Å². The Labute approximate surface area is 109 Å². The van der Waals surface area contributed by atoms with Gasteiger partial charge in [-0.05, 0) is 18.2 Å². The zero-order valence-corrected chi connectivity index (χ0v) is 9.96. The molecule has 1 aromatic heterocycles. The highest BCUT2D eigenvalue weighted by Crippen LogP contribution is 2.14. The number of aromatic amines is 1. The van der Waals surface area contributed by atoms with Crippen molar-refractivity contribution < 1.29 is 9.59 Å². The van der Waals surface area contributed by atoms with Gasteiger partial charge < -0.3 is 4.98 Å². The molecule has 0 radical (unpaired) electrons. The Hall–Kier alpha value is -2.75. The van der Waals surface area contributed by atoms with Crippen LogP contribution in [0.25, 0.3) is 11.0 Å². The monoisotopic (exact) mass is 250 g/mol. The number of rotatable bonds is 3. The summed E-state index contributed by atoms with van der Waals surface area (Å²) in [6.07, 6.45) is 1.55. The molecule has 4 heteroatoms. The van der Waals surface area contributed by atoms with Crippen molar-refractivity contribution in [2.75, 3.05) is 0 Å². The van der Waals surface area contributed by atoms with Crippen LogP contribution in [-0.4, -0.2) is 21.5 Å². The predicted molar refractivity (Wildman–Crippen MR) is 71.2 cm³/mol. The van der Waals surface area contributed by atoms with Gasteiger partial charge in [0.15, 0.2) is 0 Å². The van der Waals surface area contributed by atoms with Gasteiger partial charge in [-0.1, -0.05) is 30.3 Å². The average molecular weight is 250 g/mol. The number of aromatic nitrogens is 2. The van der Waals surface area contributed by atoms with Crippen LogP contribution in [0.1, 0.15) is 20.7 Å². The Bertz CT molecular complexity index is 760. The molecule has 0 atom stereocenters. The van der Waals surface area contributed by atoms with Gasteiger partial charge in [0.2, 0.25) is 11.6 Å². The van der Waals surface area contributed by atoms with Crippen molar-refractivity contribution in [2.45, 2.75) is 0 Å². The number of carbonyl (C=O) groups excluding carboxylic acids is 2. The van der Waals surface area contributed by atoms with E-state index in [1.54, 1.807) is 54.9 Å². The molecule has 92 valence electrons. The third-order valence-electron chi connectivity index (χ3n) is 2.92. The van der Waals surface area contributed by atoms with Crippen LogP contribution in [0, 0.1) is 0 Å². The van der Waals surface area contributed by atoms with E-state index in [4.69, 9.17) is 0 Å². The number of nitrogens with one attached hydrogen (secondary N) is 1. The number of benzene rings is 2. The Morgan fingerprint density at radius 3 is 2.42 bits per heavy atom. The third-order valence-corrected chi connectivity index (χ3v) is 2.92. The van der Waals surface area contributed by atoms with E-state index in [2.05, 4.69) is 9.97 Å². The number of H-pyrrole nitrogens is 1. The standard InChI is InChI=1S/C15H10N2O2/c18-14(10-4-2-1-3-5-10)15(19)11-6-7-12-13(8-11)17-9-16-12/h1-9H,(H,16,17). The van der Waals surface area contributed by atoms with Gasteiger partial charge in [-0.25, -0.2) is 4.98 Å². The molecule has 3 rings (SSSR count). The van der Waals surface area contributed by atoms with E-state index in [1.165, 1.54) is 0 Å². The summed E-state index contributed by atoms with van der Waals surface area (Å²) in [4.78, 5) is 31.2. The first-order valence-electron chi connectivity index (χ1n) is 5.83. The second kappa shape index (κ2) is 4.49. The maximum absolute atomic E-state index is 12.1. The van der Waals surface area contributed by atoms with Crippen LogP contribution in [0.15, 0.2) is 54.9 Å². The molecule has 1 heterocycles. The molecule has 0 aliphatic rings. The SMILES string of the molecule is O=C(C(=O)c1ccc2nc[nH]c2c1)c1ccccc1. The van der Waals surface area contributed by atoms with E-state index in [-0.39, 0.29) is 0 Å². The van der Waals surface area contributed by atoms with Crippen LogP contribution in [0.2, 0.25) is 0 Å². The lowest BCUT2D eigenvalue weighted by Gasteiger charge is -2.00. The molecule has 0 aliphatic carbocycles. The number of nitrogens with zero attached hydrogens (tertiary/aromatic N) is 1. The molecular weight excluding hydrogens is 240 g/mol. The van der Waals surface area contributed by atoms with Crippen molar-refractivity contribution in [3.63, 3.8) is 0 Å². The van der Waals surface area contributed by atoms with Gasteiger partial charge in [-0.15, -0.1) is 0 Å².